The predicted octanol–water partition coefficient (Wildman–Crippen LogP) is -2.48. The van der Waals surface area contributed by atoms with Crippen LogP contribution in [0.15, 0.2) is 0 Å². The molecule has 12 heavy (non-hydrogen) atoms. The zero-order valence-corrected chi connectivity index (χ0v) is 6.28. The number of rotatable bonds is 2. The van der Waals surface area contributed by atoms with Crippen LogP contribution in [-0.4, -0.2) is 47.3 Å². The Labute approximate surface area is 68.6 Å². The Bertz CT molecular complexity index is 206. The van der Waals surface area contributed by atoms with Crippen LogP contribution in [0.2, 0.25) is 0 Å². The lowest BCUT2D eigenvalue weighted by Gasteiger charge is -2.26. The molecule has 1 aliphatic heterocycles. The quantitative estimate of drug-likeness (QED) is 0.371. The van der Waals surface area contributed by atoms with Crippen molar-refractivity contribution in [2.24, 2.45) is 0 Å². The van der Waals surface area contributed by atoms with Gasteiger partial charge in [-0.15, -0.1) is 0 Å². The molecule has 1 saturated heterocycles. The van der Waals surface area contributed by atoms with Gasteiger partial charge in [-0.25, -0.2) is 4.79 Å². The molecule has 6 heteroatoms. The van der Waals surface area contributed by atoms with Crippen LogP contribution in [0, 0.1) is 0 Å². The molecule has 0 aromatic rings. The van der Waals surface area contributed by atoms with E-state index in [0.29, 0.717) is 0 Å². The van der Waals surface area contributed by atoms with E-state index in [9.17, 15) is 9.59 Å². The van der Waals surface area contributed by atoms with Crippen LogP contribution < -0.4 is 10.6 Å². The van der Waals surface area contributed by atoms with Crippen molar-refractivity contribution in [2.75, 3.05) is 13.2 Å². The van der Waals surface area contributed by atoms with Crippen molar-refractivity contribution >= 4 is 11.9 Å². The van der Waals surface area contributed by atoms with E-state index >= 15 is 0 Å². The smallest absolute Gasteiger partial charge is 0.327 e. The number of piperazine rings is 1. The van der Waals surface area contributed by atoms with E-state index in [1.54, 1.807) is 0 Å². The van der Waals surface area contributed by atoms with E-state index in [-0.39, 0.29) is 13.2 Å². The molecule has 1 heterocycles. The lowest BCUT2D eigenvalue weighted by molar-refractivity contribution is -0.143. The highest BCUT2D eigenvalue weighted by atomic mass is 16.4. The van der Waals surface area contributed by atoms with Crippen molar-refractivity contribution in [1.29, 1.82) is 0 Å². The van der Waals surface area contributed by atoms with Gasteiger partial charge in [0.25, 0.3) is 0 Å². The number of carboxylic acid groups (broad SMARTS) is 1. The summed E-state index contributed by atoms with van der Waals surface area (Å²) < 4.78 is 0. The Morgan fingerprint density at radius 2 is 2.33 bits per heavy atom. The number of hydrogen-bond donors (Lipinski definition) is 4. The summed E-state index contributed by atoms with van der Waals surface area (Å²) in [7, 11) is 0. The van der Waals surface area contributed by atoms with Crippen molar-refractivity contribution in [3.63, 3.8) is 0 Å². The van der Waals surface area contributed by atoms with Gasteiger partial charge in [-0.1, -0.05) is 0 Å². The van der Waals surface area contributed by atoms with E-state index in [1.807, 2.05) is 0 Å². The Hall–Kier alpha value is -1.14. The summed E-state index contributed by atoms with van der Waals surface area (Å²) in [5, 5.41) is 22.0. The topological polar surface area (TPSA) is 98.7 Å². The molecule has 0 aromatic heterocycles. The van der Waals surface area contributed by atoms with Gasteiger partial charge in [0.15, 0.2) is 0 Å². The number of amides is 1. The molecule has 1 aliphatic rings. The van der Waals surface area contributed by atoms with Crippen LogP contribution in [0.4, 0.5) is 0 Å². The van der Waals surface area contributed by atoms with Crippen LogP contribution in [0.3, 0.4) is 0 Å². The van der Waals surface area contributed by atoms with Gasteiger partial charge < -0.3 is 20.8 Å². The molecular formula is C6H10N2O4. The van der Waals surface area contributed by atoms with Crippen LogP contribution in [0.1, 0.15) is 0 Å². The van der Waals surface area contributed by atoms with E-state index in [4.69, 9.17) is 10.2 Å². The minimum absolute atomic E-state index is 0.145. The van der Waals surface area contributed by atoms with E-state index in [1.165, 1.54) is 0 Å². The normalized spacial score (nSPS) is 29.6. The third kappa shape index (κ3) is 1.72. The molecule has 0 aromatic carbocycles. The number of carboxylic acids is 1. The summed E-state index contributed by atoms with van der Waals surface area (Å²) in [6, 6.07) is -1.57. The van der Waals surface area contributed by atoms with Crippen LogP contribution in [-0.2, 0) is 9.59 Å². The van der Waals surface area contributed by atoms with Gasteiger partial charge in [-0.2, -0.15) is 0 Å². The fourth-order valence-corrected chi connectivity index (χ4v) is 0.973. The molecule has 0 aliphatic carbocycles. The average Bonchev–Trinajstić information content (AvgIpc) is 2.04. The molecule has 4 N–H and O–H groups in total. The average molecular weight is 174 g/mol. The van der Waals surface area contributed by atoms with E-state index < -0.39 is 24.0 Å². The molecule has 0 saturated carbocycles. The third-order valence-corrected chi connectivity index (χ3v) is 1.68. The minimum atomic E-state index is -1.08. The van der Waals surface area contributed by atoms with Crippen molar-refractivity contribution in [3.05, 3.63) is 0 Å². The number of aliphatic carboxylic acids is 1. The Morgan fingerprint density at radius 3 is 2.75 bits per heavy atom. The molecule has 1 amide bonds. The van der Waals surface area contributed by atoms with E-state index in [0.717, 1.165) is 0 Å². The number of aliphatic hydroxyl groups excluding tert-OH is 1. The van der Waals surface area contributed by atoms with Crippen molar-refractivity contribution in [3.8, 4) is 0 Å². The standard InChI is InChI=1S/C6H10N2O4/c9-2-4-5(10)8-3(1-7-4)6(11)12/h3-4,7,9H,1-2H2,(H,8,10)(H,11,12). The molecule has 1 fully saturated rings. The monoisotopic (exact) mass is 174 g/mol. The van der Waals surface area contributed by atoms with Crippen molar-refractivity contribution < 1.29 is 19.8 Å². The summed E-state index contributed by atoms with van der Waals surface area (Å²) >= 11 is 0. The first-order valence-electron chi connectivity index (χ1n) is 3.52. The predicted molar refractivity (Wildman–Crippen MR) is 38.4 cm³/mol. The number of aliphatic hydroxyl groups is 1. The molecule has 68 valence electrons. The first-order chi connectivity index (χ1) is 5.65. The highest BCUT2D eigenvalue weighted by Gasteiger charge is 2.30. The van der Waals surface area contributed by atoms with Gasteiger partial charge >= 0.3 is 5.97 Å². The largest absolute Gasteiger partial charge is 0.480 e. The zero-order valence-electron chi connectivity index (χ0n) is 6.28. The van der Waals surface area contributed by atoms with Crippen LogP contribution in [0.25, 0.3) is 0 Å². The Kier molecular flexibility index (Phi) is 2.61. The maximum absolute atomic E-state index is 10.9. The highest BCUT2D eigenvalue weighted by molar-refractivity contribution is 5.88. The molecule has 2 atom stereocenters. The molecule has 0 spiro atoms. The molecule has 6 nitrogen and oxygen atoms in total. The summed E-state index contributed by atoms with van der Waals surface area (Å²) in [4.78, 5) is 21.3. The zero-order chi connectivity index (χ0) is 9.14. The second-order valence-corrected chi connectivity index (χ2v) is 2.54. The maximum atomic E-state index is 10.9. The second kappa shape index (κ2) is 3.51. The fourth-order valence-electron chi connectivity index (χ4n) is 0.973. The second-order valence-electron chi connectivity index (χ2n) is 2.54. The fraction of sp³-hybridized carbons (Fsp3) is 0.667. The first-order valence-corrected chi connectivity index (χ1v) is 3.52. The third-order valence-electron chi connectivity index (χ3n) is 1.68. The molecular weight excluding hydrogens is 164 g/mol. The van der Waals surface area contributed by atoms with Gasteiger partial charge in [0, 0.05) is 6.54 Å². The molecule has 2 unspecified atom stereocenters. The minimum Gasteiger partial charge on any atom is -0.480 e. The highest BCUT2D eigenvalue weighted by Crippen LogP contribution is 1.94. The number of hydrogen-bond acceptors (Lipinski definition) is 4. The summed E-state index contributed by atoms with van der Waals surface area (Å²) in [5.74, 6) is -1.55. The van der Waals surface area contributed by atoms with Gasteiger partial charge in [-0.05, 0) is 0 Å². The van der Waals surface area contributed by atoms with Gasteiger partial charge in [-0.3, -0.25) is 4.79 Å². The Balaban J connectivity index is 2.52. The maximum Gasteiger partial charge on any atom is 0.327 e. The van der Waals surface area contributed by atoms with Crippen molar-refractivity contribution in [2.45, 2.75) is 12.1 Å². The van der Waals surface area contributed by atoms with E-state index in [2.05, 4.69) is 10.6 Å². The molecule has 1 rings (SSSR count). The number of nitrogens with one attached hydrogen (secondary N) is 2. The lowest BCUT2D eigenvalue weighted by Crippen LogP contribution is -2.61. The Morgan fingerprint density at radius 1 is 1.67 bits per heavy atom. The summed E-state index contributed by atoms with van der Waals surface area (Å²) in [6.45, 7) is -0.176. The van der Waals surface area contributed by atoms with Crippen LogP contribution in [0.5, 0.6) is 0 Å². The van der Waals surface area contributed by atoms with Gasteiger partial charge in [0.2, 0.25) is 5.91 Å². The van der Waals surface area contributed by atoms with Gasteiger partial charge in [0.1, 0.15) is 12.1 Å². The summed E-state index contributed by atoms with van der Waals surface area (Å²) in [6.07, 6.45) is 0. The number of carbonyl (C=O) groups excluding carboxylic acids is 1. The van der Waals surface area contributed by atoms with Gasteiger partial charge in [0.05, 0.1) is 6.61 Å². The first kappa shape index (κ1) is 8.95. The summed E-state index contributed by atoms with van der Waals surface area (Å²) in [5.41, 5.74) is 0. The molecule has 0 bridgehead atoms. The number of carbonyl (C=O) groups is 2. The lowest BCUT2D eigenvalue weighted by atomic mass is 10.1. The van der Waals surface area contributed by atoms with Crippen LogP contribution >= 0.6 is 0 Å². The SMILES string of the molecule is O=C(O)C1CNC(CO)C(=O)N1. The van der Waals surface area contributed by atoms with Crippen molar-refractivity contribution in [1.82, 2.24) is 10.6 Å². The molecule has 0 radical (unpaired) electrons.